The van der Waals surface area contributed by atoms with E-state index >= 15 is 0 Å². The zero-order chi connectivity index (χ0) is 20.5. The van der Waals surface area contributed by atoms with E-state index in [1.165, 1.54) is 11.3 Å². The lowest BCUT2D eigenvalue weighted by Gasteiger charge is -2.18. The number of hydrogen-bond acceptors (Lipinski definition) is 7. The zero-order valence-corrected chi connectivity index (χ0v) is 17.2. The highest BCUT2D eigenvalue weighted by Gasteiger charge is 2.23. The monoisotopic (exact) mass is 393 g/mol. The van der Waals surface area contributed by atoms with Crippen LogP contribution < -0.4 is 10.5 Å². The highest BCUT2D eigenvalue weighted by Crippen LogP contribution is 2.27. The van der Waals surface area contributed by atoms with Gasteiger partial charge in [0.15, 0.2) is 11.5 Å². The van der Waals surface area contributed by atoms with Crippen LogP contribution in [0.4, 0.5) is 5.95 Å². The highest BCUT2D eigenvalue weighted by atomic mass is 16.5. The molecular weight excluding hydrogens is 366 g/mol. The van der Waals surface area contributed by atoms with Crippen molar-refractivity contribution in [3.05, 3.63) is 47.9 Å². The number of nitrogens with two attached hydrogens (primary N) is 1. The maximum Gasteiger partial charge on any atom is 0.223 e. The van der Waals surface area contributed by atoms with Gasteiger partial charge in [-0.05, 0) is 24.1 Å². The van der Waals surface area contributed by atoms with Crippen molar-refractivity contribution in [3.63, 3.8) is 0 Å². The molecule has 2 aromatic heterocycles. The van der Waals surface area contributed by atoms with Gasteiger partial charge in [0, 0.05) is 51.2 Å². The number of methoxy groups -OCH3 is 1. The van der Waals surface area contributed by atoms with Gasteiger partial charge >= 0.3 is 0 Å². The summed E-state index contributed by atoms with van der Waals surface area (Å²) in [5, 5.41) is 5.48. The van der Waals surface area contributed by atoms with Crippen LogP contribution in [0.25, 0.3) is 16.6 Å². The molecule has 0 unspecified atom stereocenters. The van der Waals surface area contributed by atoms with Crippen LogP contribution in [0.3, 0.4) is 0 Å². The molecule has 4 rings (SSSR count). The summed E-state index contributed by atoms with van der Waals surface area (Å²) in [6.45, 7) is 6.66. The molecule has 0 aliphatic carbocycles. The van der Waals surface area contributed by atoms with E-state index in [4.69, 9.17) is 15.5 Å². The number of hydrogen-bond donors (Lipinski definition) is 1. The molecule has 8 heteroatoms. The third kappa shape index (κ3) is 3.51. The van der Waals surface area contributed by atoms with Crippen molar-refractivity contribution in [2.24, 2.45) is 0 Å². The van der Waals surface area contributed by atoms with Crippen LogP contribution in [0.1, 0.15) is 12.2 Å². The molecule has 2 N–H and O–H groups in total. The molecule has 29 heavy (non-hydrogen) atoms. The molecule has 152 valence electrons. The van der Waals surface area contributed by atoms with Crippen LogP contribution >= 0.6 is 0 Å². The highest BCUT2D eigenvalue weighted by molar-refractivity contribution is 5.95. The van der Waals surface area contributed by atoms with Gasteiger partial charge in [0.2, 0.25) is 5.95 Å². The minimum Gasteiger partial charge on any atom is -0.494 e. The lowest BCUT2D eigenvalue weighted by atomic mass is 10.1. The van der Waals surface area contributed by atoms with Gasteiger partial charge in [-0.25, -0.2) is 9.97 Å². The predicted molar refractivity (Wildman–Crippen MR) is 115 cm³/mol. The number of benzene rings is 1. The summed E-state index contributed by atoms with van der Waals surface area (Å²) in [6.07, 6.45) is 3.64. The number of nitrogens with zero attached hydrogens (tertiary/aromatic N) is 6. The first kappa shape index (κ1) is 19.2. The topological polar surface area (TPSA) is 84.8 Å². The van der Waals surface area contributed by atoms with E-state index in [1.807, 2.05) is 24.3 Å². The quantitative estimate of drug-likeness (QED) is 0.616. The molecule has 0 bridgehead atoms. The maximum atomic E-state index is 6.14. The van der Waals surface area contributed by atoms with E-state index in [0.29, 0.717) is 22.9 Å². The third-order valence-corrected chi connectivity index (χ3v) is 5.33. The summed E-state index contributed by atoms with van der Waals surface area (Å²) in [4.78, 5) is 13.8. The van der Waals surface area contributed by atoms with E-state index in [1.54, 1.807) is 11.6 Å². The number of para-hydroxylation sites is 1. The molecule has 1 aliphatic heterocycles. The fourth-order valence-corrected chi connectivity index (χ4v) is 3.91. The van der Waals surface area contributed by atoms with Gasteiger partial charge in [-0.2, -0.15) is 4.52 Å². The maximum absolute atomic E-state index is 6.14. The normalized spacial score (nSPS) is 14.9. The molecule has 0 spiro atoms. The lowest BCUT2D eigenvalue weighted by Crippen LogP contribution is -2.26. The van der Waals surface area contributed by atoms with Crippen molar-refractivity contribution in [2.45, 2.75) is 12.8 Å². The van der Waals surface area contributed by atoms with Crippen LogP contribution in [0, 0.1) is 0 Å². The summed E-state index contributed by atoms with van der Waals surface area (Å²) in [6, 6.07) is 5.76. The third-order valence-electron chi connectivity index (χ3n) is 5.33. The molecule has 0 atom stereocenters. The second-order valence-corrected chi connectivity index (χ2v) is 7.49. The first-order chi connectivity index (χ1) is 14.0. The molecule has 1 aromatic carbocycles. The smallest absolute Gasteiger partial charge is 0.223 e. The van der Waals surface area contributed by atoms with Gasteiger partial charge in [0.25, 0.3) is 0 Å². The van der Waals surface area contributed by atoms with E-state index in [0.717, 1.165) is 43.7 Å². The summed E-state index contributed by atoms with van der Waals surface area (Å²) < 4.78 is 7.03. The zero-order valence-electron chi connectivity index (χ0n) is 17.2. The van der Waals surface area contributed by atoms with Crippen molar-refractivity contribution in [3.8, 4) is 5.75 Å². The number of ether oxygens (including phenoxy) is 1. The second-order valence-electron chi connectivity index (χ2n) is 7.49. The van der Waals surface area contributed by atoms with E-state index in [-0.39, 0.29) is 0 Å². The SMILES string of the molecule is C=CCC1=C(N(C)C)CN(CCc2nc3c4cccc(OC)c4nc(N)n3n2)C1. The minimum atomic E-state index is 0.307. The fraction of sp³-hybridized carbons (Fsp3) is 0.381. The Balaban J connectivity index is 1.56. The Morgan fingerprint density at radius 3 is 2.83 bits per heavy atom. The van der Waals surface area contributed by atoms with Crippen molar-refractivity contribution < 1.29 is 4.74 Å². The molecule has 0 saturated carbocycles. The Labute approximate surface area is 170 Å². The van der Waals surface area contributed by atoms with Gasteiger partial charge in [-0.3, -0.25) is 4.90 Å². The van der Waals surface area contributed by atoms with Crippen molar-refractivity contribution >= 4 is 22.5 Å². The van der Waals surface area contributed by atoms with Gasteiger partial charge in [0.05, 0.1) is 7.11 Å². The number of allylic oxidation sites excluding steroid dienone is 1. The van der Waals surface area contributed by atoms with Crippen molar-refractivity contribution in [1.82, 2.24) is 29.4 Å². The molecular formula is C21H27N7O. The number of aromatic nitrogens is 4. The molecule has 0 radical (unpaired) electrons. The van der Waals surface area contributed by atoms with E-state index < -0.39 is 0 Å². The first-order valence-corrected chi connectivity index (χ1v) is 9.71. The average molecular weight is 393 g/mol. The summed E-state index contributed by atoms with van der Waals surface area (Å²) in [5.74, 6) is 1.74. The summed E-state index contributed by atoms with van der Waals surface area (Å²) in [7, 11) is 5.82. The van der Waals surface area contributed by atoms with Crippen molar-refractivity contribution in [1.29, 1.82) is 0 Å². The standard InChI is InChI=1S/C21H27N7O/c1-5-7-14-12-27(13-16(14)26(2)3)11-10-18-23-20-15-8-6-9-17(29-4)19(15)24-21(22)28(20)25-18/h5-6,8-9H,1,7,10-13H2,2-4H3,(H2,22,24). The van der Waals surface area contributed by atoms with E-state index in [9.17, 15) is 0 Å². The predicted octanol–water partition coefficient (Wildman–Crippen LogP) is 2.12. The number of nitrogen functional groups attached to an aromatic ring is 1. The number of anilines is 1. The molecule has 8 nitrogen and oxygen atoms in total. The molecule has 0 saturated heterocycles. The fourth-order valence-electron chi connectivity index (χ4n) is 3.91. The second kappa shape index (κ2) is 7.71. The molecule has 3 aromatic rings. The Kier molecular flexibility index (Phi) is 5.10. The van der Waals surface area contributed by atoms with Crippen LogP contribution in [0.5, 0.6) is 5.75 Å². The summed E-state index contributed by atoms with van der Waals surface area (Å²) >= 11 is 0. The van der Waals surface area contributed by atoms with Crippen LogP contribution in [0.2, 0.25) is 0 Å². The minimum absolute atomic E-state index is 0.307. The number of rotatable bonds is 7. The average Bonchev–Trinajstić information content (AvgIpc) is 3.31. The first-order valence-electron chi connectivity index (χ1n) is 9.71. The van der Waals surface area contributed by atoms with Gasteiger partial charge in [-0.1, -0.05) is 12.1 Å². The number of fused-ring (bicyclic) bond motifs is 3. The van der Waals surface area contributed by atoms with Crippen LogP contribution in [-0.4, -0.2) is 70.2 Å². The Bertz CT molecular complexity index is 1100. The van der Waals surface area contributed by atoms with E-state index in [2.05, 4.69) is 40.6 Å². The van der Waals surface area contributed by atoms with Crippen LogP contribution in [0.15, 0.2) is 42.1 Å². The summed E-state index contributed by atoms with van der Waals surface area (Å²) in [5.41, 5.74) is 10.4. The molecule has 1 aliphatic rings. The Morgan fingerprint density at radius 1 is 1.28 bits per heavy atom. The largest absolute Gasteiger partial charge is 0.494 e. The van der Waals surface area contributed by atoms with Crippen LogP contribution in [-0.2, 0) is 6.42 Å². The molecule has 0 amide bonds. The molecule has 0 fully saturated rings. The lowest BCUT2D eigenvalue weighted by molar-refractivity contribution is 0.327. The number of likely N-dealkylation sites (N-methyl/N-ethyl adjacent to an activating group) is 1. The Hall–Kier alpha value is -3.13. The molecule has 3 heterocycles. The van der Waals surface area contributed by atoms with Crippen molar-refractivity contribution in [2.75, 3.05) is 46.6 Å². The van der Waals surface area contributed by atoms with Gasteiger partial charge in [-0.15, -0.1) is 11.7 Å². The van der Waals surface area contributed by atoms with Gasteiger partial charge < -0.3 is 15.4 Å². The van der Waals surface area contributed by atoms with Gasteiger partial charge in [0.1, 0.15) is 11.3 Å². The Morgan fingerprint density at radius 2 is 2.10 bits per heavy atom.